The highest BCUT2D eigenvalue weighted by Gasteiger charge is 2.42. The smallest absolute Gasteiger partial charge is 0.333 e. The highest BCUT2D eigenvalue weighted by Crippen LogP contribution is 2.26. The summed E-state index contributed by atoms with van der Waals surface area (Å²) in [7, 11) is 0. The Balaban J connectivity index is 2.21. The van der Waals surface area contributed by atoms with Gasteiger partial charge in [-0.1, -0.05) is 6.58 Å². The number of hydrogen-bond donors (Lipinski definition) is 0. The molecule has 0 unspecified atom stereocenters. The fourth-order valence-electron chi connectivity index (χ4n) is 1.92. The predicted octanol–water partition coefficient (Wildman–Crippen LogP) is 1.27. The molecule has 0 bridgehead atoms. The zero-order chi connectivity index (χ0) is 18.3. The van der Waals surface area contributed by atoms with Gasteiger partial charge in [0.15, 0.2) is 5.92 Å². The van der Waals surface area contributed by atoms with Crippen LogP contribution in [0.5, 0.6) is 0 Å². The molecule has 1 fully saturated rings. The number of rotatable bonds is 8. The third kappa shape index (κ3) is 6.39. The van der Waals surface area contributed by atoms with Crippen LogP contribution in [0.3, 0.4) is 0 Å². The van der Waals surface area contributed by atoms with Crippen LogP contribution < -0.4 is 0 Å². The fraction of sp³-hybridized carbons (Fsp3) is 0.625. The van der Waals surface area contributed by atoms with Crippen molar-refractivity contribution in [3.8, 4) is 0 Å². The van der Waals surface area contributed by atoms with Crippen molar-refractivity contribution in [2.75, 3.05) is 13.2 Å². The monoisotopic (exact) mass is 342 g/mol. The molecule has 0 spiro atoms. The van der Waals surface area contributed by atoms with Crippen LogP contribution in [-0.2, 0) is 38.1 Å². The molecule has 0 atom stereocenters. The van der Waals surface area contributed by atoms with Crippen molar-refractivity contribution >= 4 is 23.9 Å². The summed E-state index contributed by atoms with van der Waals surface area (Å²) < 4.78 is 19.6. The molecule has 1 saturated heterocycles. The maximum absolute atomic E-state index is 11.7. The standard InChI is InChI=1S/C16H22O8/c1-10(2)13(18)22-9-8-21-12(17)7-5-6-11-14(19)23-16(3,4)24-15(11)20/h11H,1,5-9H2,2-4H3. The first-order chi connectivity index (χ1) is 11.1. The summed E-state index contributed by atoms with van der Waals surface area (Å²) in [6.45, 7) is 7.73. The van der Waals surface area contributed by atoms with Crippen molar-refractivity contribution in [1.82, 2.24) is 0 Å². The Labute approximate surface area is 140 Å². The molecule has 1 aliphatic heterocycles. The Morgan fingerprint density at radius 2 is 1.67 bits per heavy atom. The maximum atomic E-state index is 11.7. The van der Waals surface area contributed by atoms with E-state index >= 15 is 0 Å². The predicted molar refractivity (Wildman–Crippen MR) is 80.3 cm³/mol. The first-order valence-electron chi connectivity index (χ1n) is 7.56. The molecule has 1 heterocycles. The van der Waals surface area contributed by atoms with Gasteiger partial charge in [-0.3, -0.25) is 14.4 Å². The second-order valence-electron chi connectivity index (χ2n) is 5.82. The van der Waals surface area contributed by atoms with Crippen LogP contribution in [0.15, 0.2) is 12.2 Å². The molecule has 0 radical (unpaired) electrons. The Kier molecular flexibility index (Phi) is 6.94. The minimum absolute atomic E-state index is 0.0227. The number of cyclic esters (lactones) is 2. The maximum Gasteiger partial charge on any atom is 0.333 e. The van der Waals surface area contributed by atoms with Gasteiger partial charge in [-0.25, -0.2) is 4.79 Å². The summed E-state index contributed by atoms with van der Waals surface area (Å²) in [5.41, 5.74) is 0.260. The molecule has 0 saturated carbocycles. The zero-order valence-corrected chi connectivity index (χ0v) is 14.1. The Hall–Kier alpha value is -2.38. The van der Waals surface area contributed by atoms with E-state index in [1.54, 1.807) is 0 Å². The first kappa shape index (κ1) is 19.7. The molecule has 24 heavy (non-hydrogen) atoms. The van der Waals surface area contributed by atoms with Crippen molar-refractivity contribution in [3.63, 3.8) is 0 Å². The Morgan fingerprint density at radius 1 is 1.12 bits per heavy atom. The molecular formula is C16H22O8. The molecule has 0 aromatic heterocycles. The van der Waals surface area contributed by atoms with Crippen LogP contribution in [0.4, 0.5) is 0 Å². The summed E-state index contributed by atoms with van der Waals surface area (Å²) in [4.78, 5) is 46.1. The van der Waals surface area contributed by atoms with Gasteiger partial charge in [0.2, 0.25) is 0 Å². The third-order valence-electron chi connectivity index (χ3n) is 3.06. The lowest BCUT2D eigenvalue weighted by atomic mass is 10.0. The van der Waals surface area contributed by atoms with Gasteiger partial charge in [-0.05, 0) is 19.8 Å². The summed E-state index contributed by atoms with van der Waals surface area (Å²) in [6, 6.07) is 0. The lowest BCUT2D eigenvalue weighted by molar-refractivity contribution is -0.240. The van der Waals surface area contributed by atoms with Gasteiger partial charge in [0, 0.05) is 25.8 Å². The van der Waals surface area contributed by atoms with Gasteiger partial charge >= 0.3 is 23.9 Å². The molecule has 8 nitrogen and oxygen atoms in total. The van der Waals surface area contributed by atoms with Gasteiger partial charge in [-0.2, -0.15) is 0 Å². The molecule has 0 amide bonds. The van der Waals surface area contributed by atoms with Crippen molar-refractivity contribution in [1.29, 1.82) is 0 Å². The van der Waals surface area contributed by atoms with Crippen LogP contribution >= 0.6 is 0 Å². The molecule has 134 valence electrons. The number of esters is 4. The highest BCUT2D eigenvalue weighted by atomic mass is 16.7. The average Bonchev–Trinajstić information content (AvgIpc) is 2.45. The quantitative estimate of drug-likeness (QED) is 0.213. The van der Waals surface area contributed by atoms with Crippen molar-refractivity contribution in [3.05, 3.63) is 12.2 Å². The largest absolute Gasteiger partial charge is 0.462 e. The molecule has 0 aromatic carbocycles. The summed E-state index contributed by atoms with van der Waals surface area (Å²) >= 11 is 0. The van der Waals surface area contributed by atoms with E-state index in [-0.39, 0.29) is 38.0 Å². The zero-order valence-electron chi connectivity index (χ0n) is 14.1. The summed E-state index contributed by atoms with van der Waals surface area (Å²) in [6.07, 6.45) is 0.419. The molecule has 0 aliphatic carbocycles. The second-order valence-corrected chi connectivity index (χ2v) is 5.82. The van der Waals surface area contributed by atoms with Gasteiger partial charge in [0.25, 0.3) is 5.79 Å². The van der Waals surface area contributed by atoms with Crippen LogP contribution in [0.2, 0.25) is 0 Å². The number of ether oxygens (including phenoxy) is 4. The normalized spacial score (nSPS) is 16.8. The number of carbonyl (C=O) groups is 4. The van der Waals surface area contributed by atoms with E-state index in [1.165, 1.54) is 20.8 Å². The molecule has 0 N–H and O–H groups in total. The minimum Gasteiger partial charge on any atom is -0.462 e. The average molecular weight is 342 g/mol. The highest BCUT2D eigenvalue weighted by molar-refractivity contribution is 5.96. The lowest BCUT2D eigenvalue weighted by Crippen LogP contribution is -2.46. The molecule has 0 aromatic rings. The van der Waals surface area contributed by atoms with E-state index in [1.807, 2.05) is 0 Å². The first-order valence-corrected chi connectivity index (χ1v) is 7.56. The lowest BCUT2D eigenvalue weighted by Gasteiger charge is -2.32. The van der Waals surface area contributed by atoms with Gasteiger partial charge in [0.1, 0.15) is 13.2 Å². The number of carbonyl (C=O) groups excluding carboxylic acids is 4. The molecule has 1 aliphatic rings. The van der Waals surface area contributed by atoms with Gasteiger partial charge in [-0.15, -0.1) is 0 Å². The SMILES string of the molecule is C=C(C)C(=O)OCCOC(=O)CCCC1C(=O)OC(C)(C)OC1=O. The van der Waals surface area contributed by atoms with E-state index in [0.29, 0.717) is 0 Å². The third-order valence-corrected chi connectivity index (χ3v) is 3.06. The summed E-state index contributed by atoms with van der Waals surface area (Å²) in [5.74, 6) is -4.66. The molecule has 1 rings (SSSR count). The van der Waals surface area contributed by atoms with Gasteiger partial charge in [0.05, 0.1) is 0 Å². The topological polar surface area (TPSA) is 105 Å². The Morgan fingerprint density at radius 3 is 2.21 bits per heavy atom. The number of hydrogen-bond acceptors (Lipinski definition) is 8. The van der Waals surface area contributed by atoms with E-state index < -0.39 is 35.6 Å². The van der Waals surface area contributed by atoms with E-state index in [9.17, 15) is 19.2 Å². The molecular weight excluding hydrogens is 320 g/mol. The van der Waals surface area contributed by atoms with Gasteiger partial charge < -0.3 is 18.9 Å². The van der Waals surface area contributed by atoms with Crippen LogP contribution in [0, 0.1) is 5.92 Å². The van der Waals surface area contributed by atoms with E-state index in [4.69, 9.17) is 18.9 Å². The second kappa shape index (κ2) is 8.47. The molecule has 8 heteroatoms. The Bertz CT molecular complexity index is 514. The van der Waals surface area contributed by atoms with Crippen LogP contribution in [0.25, 0.3) is 0 Å². The van der Waals surface area contributed by atoms with Crippen LogP contribution in [0.1, 0.15) is 40.0 Å². The van der Waals surface area contributed by atoms with Crippen molar-refractivity contribution in [2.24, 2.45) is 5.92 Å². The van der Waals surface area contributed by atoms with Crippen molar-refractivity contribution in [2.45, 2.75) is 45.8 Å². The fourth-order valence-corrected chi connectivity index (χ4v) is 1.92. The summed E-state index contributed by atoms with van der Waals surface area (Å²) in [5, 5.41) is 0. The minimum atomic E-state index is -1.26. The van der Waals surface area contributed by atoms with E-state index in [0.717, 1.165) is 0 Å². The van der Waals surface area contributed by atoms with Crippen LogP contribution in [-0.4, -0.2) is 42.9 Å². The van der Waals surface area contributed by atoms with E-state index in [2.05, 4.69) is 6.58 Å². The van der Waals surface area contributed by atoms with Crippen molar-refractivity contribution < 1.29 is 38.1 Å².